The first-order valence-electron chi connectivity index (χ1n) is 17.1. The van der Waals surface area contributed by atoms with E-state index in [1.54, 1.807) is 13.8 Å². The van der Waals surface area contributed by atoms with Gasteiger partial charge in [0.2, 0.25) is 0 Å². The van der Waals surface area contributed by atoms with Crippen molar-refractivity contribution in [2.24, 2.45) is 20.5 Å². The molecule has 6 aromatic rings. The number of azo groups is 2. The van der Waals surface area contributed by atoms with Gasteiger partial charge in [-0.25, -0.2) is 38.5 Å². The first-order valence-corrected chi connectivity index (χ1v) is 22.8. The van der Waals surface area contributed by atoms with Gasteiger partial charge in [0, 0.05) is 33.7 Å². The zero-order valence-electron chi connectivity index (χ0n) is 36.1. The average molecular weight is 1020 g/mol. The third kappa shape index (κ3) is 13.9. The van der Waals surface area contributed by atoms with Crippen LogP contribution in [0.2, 0.25) is 0 Å². The van der Waals surface area contributed by atoms with E-state index >= 15 is 0 Å². The van der Waals surface area contributed by atoms with Gasteiger partial charge >= 0.3 is 124 Å². The molecule has 6 aromatic carbocycles. The summed E-state index contributed by atoms with van der Waals surface area (Å²) >= 11 is 0. The Morgan fingerprint density at radius 3 is 1.11 bits per heavy atom. The number of amides is 2. The van der Waals surface area contributed by atoms with Gasteiger partial charge in [-0.15, -0.1) is 0 Å². The summed E-state index contributed by atoms with van der Waals surface area (Å²) in [6, 6.07) is 15.3. The van der Waals surface area contributed by atoms with E-state index in [4.69, 9.17) is 9.47 Å². The van der Waals surface area contributed by atoms with Crippen molar-refractivity contribution < 1.29 is 184 Å². The van der Waals surface area contributed by atoms with Crippen LogP contribution in [0.25, 0.3) is 21.5 Å². The van der Waals surface area contributed by atoms with Gasteiger partial charge in [0.25, 0.3) is 0 Å². The summed E-state index contributed by atoms with van der Waals surface area (Å²) in [6.07, 6.45) is 0. The van der Waals surface area contributed by atoms with Crippen molar-refractivity contribution in [3.05, 3.63) is 96.1 Å². The predicted molar refractivity (Wildman–Crippen MR) is 216 cm³/mol. The number of urea groups is 1. The van der Waals surface area contributed by atoms with Crippen molar-refractivity contribution >= 4 is 102 Å². The Bertz CT molecular complexity index is 3180. The standard InChI is InChI=1S/C37H32N6O15S4.4Na/c1-19-11-29(31(57-3)17-27(19)42-40-21-13-25-23(35(15-21)61(51,52)53)7-5-9-33(25)59(45,46)47)38-37(44)39-30-12-20(2)28(18-32(30)58-4)43-41-22-14-26-24(36(16-22)62(54,55)56)8-6-10-34(26)60(48,49)50;;;;/h5-18H,1-4H3,(H2,38,39,44)(H,45,46,47)(H,48,49,50)(H,51,52,53)(H,54,55,56);;;;/q;4*+1/p-4. The van der Waals surface area contributed by atoms with Crippen molar-refractivity contribution in [2.45, 2.75) is 33.4 Å². The number of ether oxygens (including phenoxy) is 2. The Hall–Kier alpha value is -2.45. The summed E-state index contributed by atoms with van der Waals surface area (Å²) in [5, 5.41) is 20.1. The van der Waals surface area contributed by atoms with Gasteiger partial charge in [0.1, 0.15) is 52.0 Å². The zero-order valence-corrected chi connectivity index (χ0v) is 47.4. The number of nitrogens with zero attached hydrogens (tertiary/aromatic N) is 4. The fourth-order valence-electron chi connectivity index (χ4n) is 6.19. The molecule has 0 spiro atoms. The van der Waals surface area contributed by atoms with Crippen LogP contribution in [0.4, 0.5) is 38.9 Å². The number of methoxy groups -OCH3 is 2. The Balaban J connectivity index is 0.00000374. The van der Waals surface area contributed by atoms with Crippen LogP contribution in [0.5, 0.6) is 11.5 Å². The maximum atomic E-state index is 13.3. The molecule has 0 aliphatic rings. The molecule has 0 fully saturated rings. The number of carbonyl (C=O) groups excluding carboxylic acids is 1. The normalized spacial score (nSPS) is 11.9. The minimum Gasteiger partial charge on any atom is -0.744 e. The largest absolute Gasteiger partial charge is 1.00 e. The van der Waals surface area contributed by atoms with Crippen LogP contribution in [-0.2, 0) is 40.5 Å². The Labute approximate surface area is 466 Å². The third-order valence-electron chi connectivity index (χ3n) is 8.96. The summed E-state index contributed by atoms with van der Waals surface area (Å²) in [6.45, 7) is 3.16. The molecule has 21 nitrogen and oxygen atoms in total. The molecule has 0 aliphatic carbocycles. The third-order valence-corrected chi connectivity index (χ3v) is 12.5. The van der Waals surface area contributed by atoms with Crippen molar-refractivity contribution in [1.82, 2.24) is 0 Å². The molecule has 0 bridgehead atoms. The van der Waals surface area contributed by atoms with Crippen molar-refractivity contribution in [1.29, 1.82) is 0 Å². The van der Waals surface area contributed by atoms with Gasteiger partial charge in [-0.3, -0.25) is 0 Å². The molecule has 0 saturated carbocycles. The minimum absolute atomic E-state index is 0. The molecule has 29 heteroatoms. The van der Waals surface area contributed by atoms with E-state index in [2.05, 4.69) is 31.1 Å². The van der Waals surface area contributed by atoms with Gasteiger partial charge in [-0.2, -0.15) is 20.5 Å². The molecule has 0 unspecified atom stereocenters. The van der Waals surface area contributed by atoms with Crippen LogP contribution in [0.3, 0.4) is 0 Å². The Kier molecular flexibility index (Phi) is 21.2. The quantitative estimate of drug-likeness (QED) is 0.0657. The minimum atomic E-state index is -5.18. The summed E-state index contributed by atoms with van der Waals surface area (Å²) < 4.78 is 155. The van der Waals surface area contributed by atoms with Crippen molar-refractivity contribution in [3.8, 4) is 11.5 Å². The molecule has 0 aliphatic heterocycles. The molecule has 66 heavy (non-hydrogen) atoms. The van der Waals surface area contributed by atoms with Gasteiger partial charge in [-0.1, -0.05) is 24.3 Å². The second-order valence-corrected chi connectivity index (χ2v) is 18.5. The fourth-order valence-corrected chi connectivity index (χ4v) is 8.98. The molecule has 0 aromatic heterocycles. The predicted octanol–water partition coefficient (Wildman–Crippen LogP) is -5.27. The topological polar surface area (TPSA) is 338 Å². The number of rotatable bonds is 12. The van der Waals surface area contributed by atoms with E-state index in [0.29, 0.717) is 11.1 Å². The van der Waals surface area contributed by atoms with Crippen LogP contribution in [0, 0.1) is 13.8 Å². The number of carbonyl (C=O) groups is 1. The van der Waals surface area contributed by atoms with Crippen molar-refractivity contribution in [3.63, 3.8) is 0 Å². The summed E-state index contributed by atoms with van der Waals surface area (Å²) in [5.41, 5.74) is 0.792. The molecular weight excluding hydrogens is 989 g/mol. The molecule has 324 valence electrons. The van der Waals surface area contributed by atoms with Gasteiger partial charge in [-0.05, 0) is 73.5 Å². The fraction of sp³-hybridized carbons (Fsp3) is 0.108. The molecule has 0 atom stereocenters. The number of anilines is 2. The molecule has 0 heterocycles. The SMILES string of the molecule is COc1cc(N=Nc2cc(S(=O)(=O)[O-])c3cccc(S(=O)(=O)[O-])c3c2)c(C)cc1NC(=O)Nc1cc(C)c(N=Nc2cc(S(=O)(=O)[O-])c3cccc(S(=O)(=O)[O-])c3c2)cc1OC.[Na+].[Na+].[Na+].[Na+]. The van der Waals surface area contributed by atoms with Crippen LogP contribution < -0.4 is 138 Å². The number of nitrogens with one attached hydrogen (secondary N) is 2. The molecular formula is C37H28N6Na4O15S4. The second-order valence-electron chi connectivity index (χ2n) is 13.1. The summed E-state index contributed by atoms with van der Waals surface area (Å²) in [7, 11) is -18.0. The Morgan fingerprint density at radius 2 is 0.803 bits per heavy atom. The van der Waals surface area contributed by atoms with E-state index in [-0.39, 0.29) is 185 Å². The van der Waals surface area contributed by atoms with Gasteiger partial charge < -0.3 is 38.3 Å². The zero-order chi connectivity index (χ0) is 45.5. The van der Waals surface area contributed by atoms with Crippen molar-refractivity contribution in [2.75, 3.05) is 24.9 Å². The number of hydrogen-bond donors (Lipinski definition) is 2. The van der Waals surface area contributed by atoms with Gasteiger partial charge in [0.05, 0.1) is 67.9 Å². The van der Waals surface area contributed by atoms with Crippen LogP contribution in [0.15, 0.2) is 125 Å². The summed E-state index contributed by atoms with van der Waals surface area (Å²) in [5.74, 6) is 0.141. The first-order chi connectivity index (χ1) is 28.9. The molecule has 6 rings (SSSR count). The monoisotopic (exact) mass is 1020 g/mol. The second kappa shape index (κ2) is 23.4. The van der Waals surface area contributed by atoms with Crippen LogP contribution in [-0.4, -0.2) is 72.1 Å². The smallest absolute Gasteiger partial charge is 0.744 e. The Morgan fingerprint density at radius 1 is 0.470 bits per heavy atom. The molecule has 2 N–H and O–H groups in total. The van der Waals surface area contributed by atoms with Crippen LogP contribution in [0.1, 0.15) is 11.1 Å². The average Bonchev–Trinajstić information content (AvgIpc) is 3.17. The molecule has 0 radical (unpaired) electrons. The maximum Gasteiger partial charge on any atom is 1.00 e. The number of fused-ring (bicyclic) bond motifs is 2. The molecule has 2 amide bonds. The number of hydrogen-bond acceptors (Lipinski definition) is 19. The van der Waals surface area contributed by atoms with E-state index in [1.165, 1.54) is 50.6 Å². The van der Waals surface area contributed by atoms with E-state index < -0.39 is 66.1 Å². The molecule has 0 saturated heterocycles. The van der Waals surface area contributed by atoms with Crippen LogP contribution >= 0.6 is 0 Å². The van der Waals surface area contributed by atoms with Gasteiger partial charge in [0.15, 0.2) is 0 Å². The maximum absolute atomic E-state index is 13.3. The first kappa shape index (κ1) is 59.7. The van der Waals surface area contributed by atoms with E-state index in [9.17, 15) is 56.7 Å². The number of aryl methyl sites for hydroxylation is 2. The van der Waals surface area contributed by atoms with E-state index in [1.807, 2.05) is 0 Å². The van der Waals surface area contributed by atoms with E-state index in [0.717, 1.165) is 48.5 Å². The summed E-state index contributed by atoms with van der Waals surface area (Å²) in [4.78, 5) is 10.1. The number of benzene rings is 6.